The molecule has 1 amide bonds. The molecule has 174 valence electrons. The van der Waals surface area contributed by atoms with Crippen molar-refractivity contribution >= 4 is 33.4 Å². The molecule has 4 rings (SSSR count). The number of piperidine rings is 1. The second-order valence-corrected chi connectivity index (χ2v) is 8.91. The van der Waals surface area contributed by atoms with E-state index in [2.05, 4.69) is 15.2 Å². The number of para-hydroxylation sites is 1. The van der Waals surface area contributed by atoms with Crippen LogP contribution in [0.25, 0.3) is 10.2 Å². The number of aliphatic carboxylic acids is 1. The van der Waals surface area contributed by atoms with E-state index in [-0.39, 0.29) is 24.8 Å². The normalized spacial score (nSPS) is 14.8. The molecular weight excluding hydrogens is 442 g/mol. The van der Waals surface area contributed by atoms with Crippen molar-refractivity contribution in [1.29, 1.82) is 0 Å². The number of carboxylic acid groups (broad SMARTS) is 1. The summed E-state index contributed by atoms with van der Waals surface area (Å²) >= 11 is 1.51. The highest BCUT2D eigenvalue weighted by Crippen LogP contribution is 2.31. The number of likely N-dealkylation sites (tertiary alicyclic amines) is 1. The molecule has 1 saturated heterocycles. The van der Waals surface area contributed by atoms with Crippen LogP contribution in [0.15, 0.2) is 48.5 Å². The molecule has 1 aliphatic heterocycles. The molecule has 1 aromatic heterocycles. The van der Waals surface area contributed by atoms with E-state index in [1.54, 1.807) is 0 Å². The highest BCUT2D eigenvalue weighted by molar-refractivity contribution is 7.20. The molecule has 0 radical (unpaired) electrons. The van der Waals surface area contributed by atoms with E-state index in [9.17, 15) is 9.59 Å². The summed E-state index contributed by atoms with van der Waals surface area (Å²) in [7, 11) is 0. The van der Waals surface area contributed by atoms with Crippen LogP contribution in [-0.4, -0.2) is 59.7 Å². The summed E-state index contributed by atoms with van der Waals surface area (Å²) in [6.07, 6.45) is 1.50. The zero-order valence-electron chi connectivity index (χ0n) is 18.2. The number of nitrogens with zero attached hydrogens (tertiary/aromatic N) is 2. The van der Waals surface area contributed by atoms with Crippen LogP contribution < -0.4 is 14.8 Å². The van der Waals surface area contributed by atoms with Gasteiger partial charge in [0.2, 0.25) is 5.91 Å². The van der Waals surface area contributed by atoms with Gasteiger partial charge in [0.15, 0.2) is 0 Å². The van der Waals surface area contributed by atoms with Crippen molar-refractivity contribution in [3.05, 3.63) is 48.5 Å². The van der Waals surface area contributed by atoms with Crippen LogP contribution >= 0.6 is 11.3 Å². The molecule has 0 bridgehead atoms. The fourth-order valence-electron chi connectivity index (χ4n) is 3.75. The minimum absolute atomic E-state index is 0.0414. The molecule has 1 fully saturated rings. The number of thiazole rings is 1. The summed E-state index contributed by atoms with van der Waals surface area (Å²) in [5.74, 6) is 0.504. The van der Waals surface area contributed by atoms with Gasteiger partial charge in [0, 0.05) is 19.0 Å². The number of ether oxygens (including phenoxy) is 2. The van der Waals surface area contributed by atoms with Crippen molar-refractivity contribution in [1.82, 2.24) is 15.2 Å². The van der Waals surface area contributed by atoms with Crippen LogP contribution in [0.5, 0.6) is 16.7 Å². The van der Waals surface area contributed by atoms with Crippen molar-refractivity contribution in [2.24, 2.45) is 5.92 Å². The van der Waals surface area contributed by atoms with Crippen molar-refractivity contribution in [2.45, 2.75) is 19.3 Å². The number of carboxylic acids is 1. The molecule has 2 N–H and O–H groups in total. The fourth-order valence-corrected chi connectivity index (χ4v) is 4.58. The number of carbonyl (C=O) groups is 2. The van der Waals surface area contributed by atoms with Crippen LogP contribution in [0.1, 0.15) is 19.3 Å². The van der Waals surface area contributed by atoms with E-state index < -0.39 is 5.97 Å². The van der Waals surface area contributed by atoms with Gasteiger partial charge in [-0.15, -0.1) is 0 Å². The molecule has 0 saturated carbocycles. The average molecular weight is 470 g/mol. The first-order valence-corrected chi connectivity index (χ1v) is 11.9. The predicted octanol–water partition coefficient (Wildman–Crippen LogP) is 3.77. The summed E-state index contributed by atoms with van der Waals surface area (Å²) in [5.41, 5.74) is 0.931. The molecule has 0 atom stereocenters. The fraction of sp³-hybridized carbons (Fsp3) is 0.375. The highest BCUT2D eigenvalue weighted by Gasteiger charge is 2.24. The van der Waals surface area contributed by atoms with E-state index in [0.717, 1.165) is 48.4 Å². The Hall–Kier alpha value is -3.17. The molecule has 0 spiro atoms. The van der Waals surface area contributed by atoms with Crippen LogP contribution in [-0.2, 0) is 9.59 Å². The molecule has 9 heteroatoms. The lowest BCUT2D eigenvalue weighted by Crippen LogP contribution is -2.42. The number of fused-ring (bicyclic) bond motifs is 1. The van der Waals surface area contributed by atoms with Gasteiger partial charge in [0.1, 0.15) is 18.1 Å². The lowest BCUT2D eigenvalue weighted by atomic mass is 9.96. The van der Waals surface area contributed by atoms with E-state index >= 15 is 0 Å². The largest absolute Gasteiger partial charge is 0.492 e. The third-order valence-corrected chi connectivity index (χ3v) is 6.49. The third-order valence-electron chi connectivity index (χ3n) is 5.58. The second-order valence-electron chi connectivity index (χ2n) is 7.92. The summed E-state index contributed by atoms with van der Waals surface area (Å²) in [6, 6.07) is 15.5. The Morgan fingerprint density at radius 3 is 2.55 bits per heavy atom. The van der Waals surface area contributed by atoms with Crippen LogP contribution in [0.4, 0.5) is 0 Å². The SMILES string of the molecule is O=C(O)CCNC(=O)C1CCN(CCOc2ccc(Oc3nc4ccccc4s3)cc2)CC1. The Morgan fingerprint density at radius 1 is 1.09 bits per heavy atom. The lowest BCUT2D eigenvalue weighted by Gasteiger charge is -2.31. The smallest absolute Gasteiger partial charge is 0.305 e. The minimum Gasteiger partial charge on any atom is -0.492 e. The molecule has 2 aromatic carbocycles. The number of carbonyl (C=O) groups excluding carboxylic acids is 1. The Balaban J connectivity index is 1.15. The van der Waals surface area contributed by atoms with Crippen LogP contribution in [0.3, 0.4) is 0 Å². The summed E-state index contributed by atoms with van der Waals surface area (Å²) in [6.45, 7) is 3.20. The Morgan fingerprint density at radius 2 is 1.82 bits per heavy atom. The number of rotatable bonds is 10. The molecule has 3 aromatic rings. The number of hydrogen-bond donors (Lipinski definition) is 2. The molecular formula is C24H27N3O5S. The molecule has 0 unspecified atom stereocenters. The van der Waals surface area contributed by atoms with Gasteiger partial charge in [0.05, 0.1) is 16.6 Å². The molecule has 2 heterocycles. The number of amides is 1. The van der Waals surface area contributed by atoms with Gasteiger partial charge in [-0.25, -0.2) is 4.98 Å². The van der Waals surface area contributed by atoms with Crippen LogP contribution in [0.2, 0.25) is 0 Å². The maximum absolute atomic E-state index is 12.1. The zero-order valence-corrected chi connectivity index (χ0v) is 19.1. The molecule has 33 heavy (non-hydrogen) atoms. The Bertz CT molecular complexity index is 1040. The summed E-state index contributed by atoms with van der Waals surface area (Å²) < 4.78 is 12.8. The van der Waals surface area contributed by atoms with Crippen molar-refractivity contribution in [2.75, 3.05) is 32.8 Å². The standard InChI is InChI=1S/C24H27N3O5S/c28-22(29)9-12-25-23(30)17-10-13-27(14-11-17)15-16-31-18-5-7-19(8-6-18)32-24-26-20-3-1-2-4-21(20)33-24/h1-8,17H,9-16H2,(H,25,30)(H,28,29). The first-order chi connectivity index (χ1) is 16.1. The van der Waals surface area contributed by atoms with Gasteiger partial charge in [-0.2, -0.15) is 0 Å². The van der Waals surface area contributed by atoms with Crippen molar-refractivity contribution < 1.29 is 24.2 Å². The van der Waals surface area contributed by atoms with Gasteiger partial charge in [-0.05, 0) is 62.3 Å². The summed E-state index contributed by atoms with van der Waals surface area (Å²) in [4.78, 5) is 29.4. The quantitative estimate of drug-likeness (QED) is 0.466. The number of hydrogen-bond acceptors (Lipinski definition) is 7. The van der Waals surface area contributed by atoms with E-state index in [4.69, 9.17) is 14.6 Å². The maximum atomic E-state index is 12.1. The first-order valence-electron chi connectivity index (χ1n) is 11.0. The van der Waals surface area contributed by atoms with E-state index in [1.165, 1.54) is 11.3 Å². The second kappa shape index (κ2) is 11.1. The van der Waals surface area contributed by atoms with Crippen molar-refractivity contribution in [3.63, 3.8) is 0 Å². The van der Waals surface area contributed by atoms with Gasteiger partial charge in [-0.1, -0.05) is 23.5 Å². The number of benzene rings is 2. The monoisotopic (exact) mass is 469 g/mol. The minimum atomic E-state index is -0.902. The van der Waals surface area contributed by atoms with Gasteiger partial charge in [-0.3, -0.25) is 14.5 Å². The van der Waals surface area contributed by atoms with Crippen molar-refractivity contribution in [3.8, 4) is 16.7 Å². The van der Waals surface area contributed by atoms with Gasteiger partial charge < -0.3 is 19.9 Å². The third kappa shape index (κ3) is 6.66. The zero-order chi connectivity index (χ0) is 23.0. The van der Waals surface area contributed by atoms with E-state index in [0.29, 0.717) is 17.6 Å². The lowest BCUT2D eigenvalue weighted by molar-refractivity contribution is -0.137. The van der Waals surface area contributed by atoms with Gasteiger partial charge in [0.25, 0.3) is 5.19 Å². The maximum Gasteiger partial charge on any atom is 0.305 e. The topological polar surface area (TPSA) is 101 Å². The predicted molar refractivity (Wildman–Crippen MR) is 126 cm³/mol. The number of nitrogens with one attached hydrogen (secondary N) is 1. The number of aromatic nitrogens is 1. The van der Waals surface area contributed by atoms with E-state index in [1.807, 2.05) is 48.5 Å². The molecule has 8 nitrogen and oxygen atoms in total. The first kappa shape index (κ1) is 23.0. The Labute approximate surface area is 196 Å². The highest BCUT2D eigenvalue weighted by atomic mass is 32.1. The van der Waals surface area contributed by atoms with Gasteiger partial charge >= 0.3 is 5.97 Å². The van der Waals surface area contributed by atoms with Crippen LogP contribution in [0, 0.1) is 5.92 Å². The summed E-state index contributed by atoms with van der Waals surface area (Å²) in [5, 5.41) is 12.0. The molecule has 1 aliphatic rings. The average Bonchev–Trinajstić information content (AvgIpc) is 3.23. The Kier molecular flexibility index (Phi) is 7.74. The molecule has 0 aliphatic carbocycles.